The lowest BCUT2D eigenvalue weighted by Crippen LogP contribution is -2.11. The highest BCUT2D eigenvalue weighted by Gasteiger charge is 2.17. The van der Waals surface area contributed by atoms with Gasteiger partial charge in [0.1, 0.15) is 5.82 Å². The summed E-state index contributed by atoms with van der Waals surface area (Å²) in [6.07, 6.45) is 3.37. The number of carbonyl (C=O) groups is 1. The molecule has 0 aliphatic heterocycles. The van der Waals surface area contributed by atoms with E-state index >= 15 is 0 Å². The summed E-state index contributed by atoms with van der Waals surface area (Å²) in [6.45, 7) is 0. The molecule has 4 nitrogen and oxygen atoms in total. The Morgan fingerprint density at radius 2 is 1.68 bits per heavy atom. The topological polar surface area (TPSA) is 47.8 Å². The van der Waals surface area contributed by atoms with E-state index in [1.54, 1.807) is 30.6 Å². The summed E-state index contributed by atoms with van der Waals surface area (Å²) in [5.74, 6) is -0.302. The molecule has 0 unspecified atom stereocenters. The normalized spacial score (nSPS) is 10.9. The number of carbonyl (C=O) groups excluding carboxylic acids is 1. The molecular weight excluding hydrogens is 317 g/mol. The number of halogens is 1. The number of fused-ring (bicyclic) bond motifs is 1. The van der Waals surface area contributed by atoms with Crippen molar-refractivity contribution in [2.24, 2.45) is 0 Å². The van der Waals surface area contributed by atoms with Crippen molar-refractivity contribution in [1.29, 1.82) is 0 Å². The minimum absolute atomic E-state index is 0.0634. The number of rotatable bonds is 4. The Morgan fingerprint density at radius 1 is 0.960 bits per heavy atom. The highest BCUT2D eigenvalue weighted by atomic mass is 19.1. The van der Waals surface area contributed by atoms with Crippen LogP contribution in [0.15, 0.2) is 73.1 Å². The molecule has 0 N–H and O–H groups in total. The molecule has 25 heavy (non-hydrogen) atoms. The van der Waals surface area contributed by atoms with Crippen molar-refractivity contribution in [1.82, 2.24) is 14.5 Å². The molecule has 0 amide bonds. The first-order chi connectivity index (χ1) is 12.2. The largest absolute Gasteiger partial charge is 0.294 e. The average Bonchev–Trinajstić information content (AvgIpc) is 3.00. The van der Waals surface area contributed by atoms with Crippen LogP contribution in [0.3, 0.4) is 0 Å². The van der Waals surface area contributed by atoms with Crippen molar-refractivity contribution in [3.63, 3.8) is 0 Å². The molecule has 0 saturated heterocycles. The molecule has 0 radical (unpaired) electrons. The van der Waals surface area contributed by atoms with Gasteiger partial charge in [0, 0.05) is 23.5 Å². The summed E-state index contributed by atoms with van der Waals surface area (Å²) < 4.78 is 15.8. The summed E-state index contributed by atoms with van der Waals surface area (Å²) in [7, 11) is 0. The van der Waals surface area contributed by atoms with Gasteiger partial charge in [0.25, 0.3) is 0 Å². The molecule has 4 rings (SSSR count). The van der Waals surface area contributed by atoms with E-state index in [0.29, 0.717) is 5.95 Å². The van der Waals surface area contributed by atoms with E-state index in [1.807, 2.05) is 34.9 Å². The molecule has 0 atom stereocenters. The van der Waals surface area contributed by atoms with Gasteiger partial charge in [0.05, 0.1) is 17.5 Å². The summed E-state index contributed by atoms with van der Waals surface area (Å²) >= 11 is 0. The molecule has 0 bridgehead atoms. The summed E-state index contributed by atoms with van der Waals surface area (Å²) in [6, 6.07) is 17.4. The minimum atomic E-state index is -0.508. The predicted octanol–water partition coefficient (Wildman–Crippen LogP) is 3.99. The zero-order chi connectivity index (χ0) is 17.2. The predicted molar refractivity (Wildman–Crippen MR) is 93.3 cm³/mol. The van der Waals surface area contributed by atoms with E-state index in [-0.39, 0.29) is 17.8 Å². The zero-order valence-corrected chi connectivity index (χ0v) is 13.3. The van der Waals surface area contributed by atoms with E-state index in [0.717, 1.165) is 16.6 Å². The molecule has 0 fully saturated rings. The maximum Gasteiger partial charge on any atom is 0.234 e. The fourth-order valence-electron chi connectivity index (χ4n) is 2.93. The maximum atomic E-state index is 13.9. The van der Waals surface area contributed by atoms with Crippen LogP contribution in [0.25, 0.3) is 16.9 Å². The third-order valence-electron chi connectivity index (χ3n) is 4.06. The van der Waals surface area contributed by atoms with Crippen LogP contribution in [0.5, 0.6) is 0 Å². The fourth-order valence-corrected chi connectivity index (χ4v) is 2.93. The lowest BCUT2D eigenvalue weighted by Gasteiger charge is -2.08. The number of para-hydroxylation sites is 1. The van der Waals surface area contributed by atoms with Crippen molar-refractivity contribution in [3.05, 3.63) is 90.1 Å². The summed E-state index contributed by atoms with van der Waals surface area (Å²) in [5, 5.41) is 0.978. The second kappa shape index (κ2) is 6.28. The van der Waals surface area contributed by atoms with Gasteiger partial charge in [-0.05, 0) is 30.3 Å². The molecule has 2 aromatic carbocycles. The first kappa shape index (κ1) is 15.2. The smallest absolute Gasteiger partial charge is 0.234 e. The van der Waals surface area contributed by atoms with Crippen LogP contribution in [0, 0.1) is 5.82 Å². The van der Waals surface area contributed by atoms with Gasteiger partial charge < -0.3 is 0 Å². The monoisotopic (exact) mass is 331 g/mol. The van der Waals surface area contributed by atoms with Gasteiger partial charge >= 0.3 is 0 Å². The molecule has 0 saturated carbocycles. The van der Waals surface area contributed by atoms with Gasteiger partial charge in [0.2, 0.25) is 5.95 Å². The van der Waals surface area contributed by atoms with E-state index in [2.05, 4.69) is 9.97 Å². The Labute approximate surface area is 143 Å². The minimum Gasteiger partial charge on any atom is -0.294 e. The van der Waals surface area contributed by atoms with Crippen molar-refractivity contribution >= 4 is 16.7 Å². The number of aromatic nitrogens is 3. The number of ketones is 1. The molecule has 2 aromatic heterocycles. The zero-order valence-electron chi connectivity index (χ0n) is 13.3. The first-order valence-corrected chi connectivity index (χ1v) is 7.88. The second-order valence-corrected chi connectivity index (χ2v) is 5.66. The summed E-state index contributed by atoms with van der Waals surface area (Å²) in [4.78, 5) is 21.2. The second-order valence-electron chi connectivity index (χ2n) is 5.66. The van der Waals surface area contributed by atoms with Crippen LogP contribution in [-0.2, 0) is 6.42 Å². The first-order valence-electron chi connectivity index (χ1n) is 7.88. The van der Waals surface area contributed by atoms with Gasteiger partial charge in [-0.3, -0.25) is 9.36 Å². The van der Waals surface area contributed by atoms with Crippen LogP contribution in [-0.4, -0.2) is 20.3 Å². The van der Waals surface area contributed by atoms with Crippen molar-refractivity contribution in [2.75, 3.05) is 0 Å². The van der Waals surface area contributed by atoms with E-state index < -0.39 is 5.82 Å². The van der Waals surface area contributed by atoms with Crippen LogP contribution < -0.4 is 0 Å². The lowest BCUT2D eigenvalue weighted by atomic mass is 10.1. The molecule has 5 heteroatoms. The molecule has 4 aromatic rings. The highest BCUT2D eigenvalue weighted by Crippen LogP contribution is 2.24. The molecule has 0 aliphatic rings. The highest BCUT2D eigenvalue weighted by molar-refractivity contribution is 5.98. The van der Waals surface area contributed by atoms with Gasteiger partial charge in [-0.25, -0.2) is 14.4 Å². The molecular formula is C20H14FN3O. The van der Waals surface area contributed by atoms with Crippen molar-refractivity contribution in [3.8, 4) is 5.95 Å². The Hall–Kier alpha value is -3.34. The summed E-state index contributed by atoms with van der Waals surface area (Å²) in [5.41, 5.74) is 1.72. The van der Waals surface area contributed by atoms with Gasteiger partial charge in [-0.15, -0.1) is 0 Å². The standard InChI is InChI=1S/C20H14FN3O/c21-17-8-3-2-7-16(17)19(25)13-15-12-14-6-1-4-9-18(14)24(15)20-22-10-5-11-23-20/h1-12H,13H2. The third-order valence-corrected chi connectivity index (χ3v) is 4.06. The number of benzene rings is 2. The SMILES string of the molecule is O=C(Cc1cc2ccccc2n1-c1ncccn1)c1ccccc1F. The van der Waals surface area contributed by atoms with E-state index in [9.17, 15) is 9.18 Å². The number of Topliss-reactive ketones (excluding diaryl/α,β-unsaturated/α-hetero) is 1. The Morgan fingerprint density at radius 3 is 2.48 bits per heavy atom. The molecule has 122 valence electrons. The van der Waals surface area contributed by atoms with E-state index in [1.165, 1.54) is 12.1 Å². The van der Waals surface area contributed by atoms with Gasteiger partial charge in [-0.1, -0.05) is 30.3 Å². The molecule has 2 heterocycles. The fraction of sp³-hybridized carbons (Fsp3) is 0.0500. The Balaban J connectivity index is 1.82. The Kier molecular flexibility index (Phi) is 3.82. The lowest BCUT2D eigenvalue weighted by molar-refractivity contribution is 0.0987. The van der Waals surface area contributed by atoms with Crippen LogP contribution in [0.1, 0.15) is 16.1 Å². The van der Waals surface area contributed by atoms with Gasteiger partial charge in [0.15, 0.2) is 5.78 Å². The Bertz CT molecular complexity index is 1060. The third kappa shape index (κ3) is 2.80. The molecule has 0 spiro atoms. The van der Waals surface area contributed by atoms with Gasteiger partial charge in [-0.2, -0.15) is 0 Å². The van der Waals surface area contributed by atoms with Crippen molar-refractivity contribution in [2.45, 2.75) is 6.42 Å². The quantitative estimate of drug-likeness (QED) is 0.531. The van der Waals surface area contributed by atoms with Crippen LogP contribution in [0.4, 0.5) is 4.39 Å². The molecule has 0 aliphatic carbocycles. The number of nitrogens with zero attached hydrogens (tertiary/aromatic N) is 3. The maximum absolute atomic E-state index is 13.9. The van der Waals surface area contributed by atoms with Crippen LogP contribution in [0.2, 0.25) is 0 Å². The number of hydrogen-bond donors (Lipinski definition) is 0. The average molecular weight is 331 g/mol. The van der Waals surface area contributed by atoms with Crippen LogP contribution >= 0.6 is 0 Å². The van der Waals surface area contributed by atoms with E-state index in [4.69, 9.17) is 0 Å². The van der Waals surface area contributed by atoms with Crippen molar-refractivity contribution < 1.29 is 9.18 Å². The number of hydrogen-bond acceptors (Lipinski definition) is 3.